The predicted molar refractivity (Wildman–Crippen MR) is 70.7 cm³/mol. The maximum absolute atomic E-state index is 12.6. The highest BCUT2D eigenvalue weighted by Crippen LogP contribution is 2.25. The highest BCUT2D eigenvalue weighted by Gasteiger charge is 2.32. The van der Waals surface area contributed by atoms with Crippen LogP contribution in [0.15, 0.2) is 40.2 Å². The zero-order valence-electron chi connectivity index (χ0n) is 10.5. The van der Waals surface area contributed by atoms with Crippen LogP contribution < -0.4 is 0 Å². The molecular formula is C13H16N2O3S. The SMILES string of the molecule is O=C=NC1CCCCCN1S(=O)(=O)c1ccccc1. The molecule has 1 heterocycles. The van der Waals surface area contributed by atoms with Crippen LogP contribution in [-0.2, 0) is 14.8 Å². The number of rotatable bonds is 3. The molecule has 1 aliphatic rings. The van der Waals surface area contributed by atoms with Crippen molar-refractivity contribution in [3.63, 3.8) is 0 Å². The molecule has 1 atom stereocenters. The Morgan fingerprint density at radius 1 is 1.16 bits per heavy atom. The molecule has 0 N–H and O–H groups in total. The van der Waals surface area contributed by atoms with E-state index in [0.717, 1.165) is 19.3 Å². The molecule has 0 aliphatic carbocycles. The largest absolute Gasteiger partial charge is 0.244 e. The zero-order valence-corrected chi connectivity index (χ0v) is 11.3. The maximum atomic E-state index is 12.6. The molecule has 1 unspecified atom stereocenters. The van der Waals surface area contributed by atoms with Gasteiger partial charge in [0, 0.05) is 6.54 Å². The fraction of sp³-hybridized carbons (Fsp3) is 0.462. The standard InChI is InChI=1S/C13H16N2O3S/c16-11-14-13-9-5-2-6-10-15(13)19(17,18)12-7-3-1-4-8-12/h1,3-4,7-8,13H,2,5-6,9-10H2. The van der Waals surface area contributed by atoms with E-state index in [0.29, 0.717) is 13.0 Å². The van der Waals surface area contributed by atoms with Crippen molar-refractivity contribution in [3.8, 4) is 0 Å². The molecule has 0 bridgehead atoms. The summed E-state index contributed by atoms with van der Waals surface area (Å²) in [6.45, 7) is 0.396. The molecule has 19 heavy (non-hydrogen) atoms. The fourth-order valence-corrected chi connectivity index (χ4v) is 3.88. The Balaban J connectivity index is 2.38. The van der Waals surface area contributed by atoms with Gasteiger partial charge in [-0.2, -0.15) is 9.30 Å². The normalized spacial score (nSPS) is 21.4. The lowest BCUT2D eigenvalue weighted by Crippen LogP contribution is -2.38. The Morgan fingerprint density at radius 2 is 1.89 bits per heavy atom. The summed E-state index contributed by atoms with van der Waals surface area (Å²) in [5, 5.41) is 0. The Hall–Kier alpha value is -1.49. The van der Waals surface area contributed by atoms with E-state index in [1.807, 2.05) is 0 Å². The number of hydrogen-bond acceptors (Lipinski definition) is 4. The monoisotopic (exact) mass is 280 g/mol. The number of isocyanates is 1. The lowest BCUT2D eigenvalue weighted by Gasteiger charge is -2.25. The summed E-state index contributed by atoms with van der Waals surface area (Å²) in [6, 6.07) is 8.25. The molecule has 1 aromatic carbocycles. The molecule has 0 radical (unpaired) electrons. The molecule has 1 aliphatic heterocycles. The molecule has 102 valence electrons. The van der Waals surface area contributed by atoms with E-state index < -0.39 is 16.2 Å². The molecule has 1 saturated heterocycles. The van der Waals surface area contributed by atoms with Gasteiger partial charge in [0.25, 0.3) is 0 Å². The third-order valence-electron chi connectivity index (χ3n) is 3.22. The summed E-state index contributed by atoms with van der Waals surface area (Å²) in [4.78, 5) is 14.4. The van der Waals surface area contributed by atoms with Crippen molar-refractivity contribution < 1.29 is 13.2 Å². The van der Waals surface area contributed by atoms with Gasteiger partial charge in [0.05, 0.1) is 4.90 Å². The molecule has 6 heteroatoms. The number of aliphatic imine (C=N–C) groups is 1. The summed E-state index contributed by atoms with van der Waals surface area (Å²) in [6.07, 6.45) is 4.05. The first-order valence-electron chi connectivity index (χ1n) is 6.30. The van der Waals surface area contributed by atoms with Crippen LogP contribution >= 0.6 is 0 Å². The number of benzene rings is 1. The van der Waals surface area contributed by atoms with Gasteiger partial charge >= 0.3 is 0 Å². The third-order valence-corrected chi connectivity index (χ3v) is 5.14. The highest BCUT2D eigenvalue weighted by atomic mass is 32.2. The second kappa shape index (κ2) is 6.10. The molecule has 5 nitrogen and oxygen atoms in total. The molecule has 0 amide bonds. The zero-order chi connectivity index (χ0) is 13.7. The first-order valence-corrected chi connectivity index (χ1v) is 7.74. The minimum absolute atomic E-state index is 0.239. The van der Waals surface area contributed by atoms with Crippen LogP contribution in [0.4, 0.5) is 0 Å². The van der Waals surface area contributed by atoms with Crippen molar-refractivity contribution in [2.24, 2.45) is 4.99 Å². The van der Waals surface area contributed by atoms with E-state index >= 15 is 0 Å². The quantitative estimate of drug-likeness (QED) is 0.627. The van der Waals surface area contributed by atoms with Gasteiger partial charge in [-0.3, -0.25) is 0 Å². The number of hydrogen-bond donors (Lipinski definition) is 0. The van der Waals surface area contributed by atoms with Crippen LogP contribution in [0.1, 0.15) is 25.7 Å². The Kier molecular flexibility index (Phi) is 4.47. The van der Waals surface area contributed by atoms with Gasteiger partial charge in [-0.15, -0.1) is 0 Å². The molecule has 2 rings (SSSR count). The van der Waals surface area contributed by atoms with Crippen LogP contribution in [-0.4, -0.2) is 31.5 Å². The Labute approximate surface area is 113 Å². The van der Waals surface area contributed by atoms with Gasteiger partial charge < -0.3 is 0 Å². The number of carbonyl (C=O) groups excluding carboxylic acids is 1. The van der Waals surface area contributed by atoms with Gasteiger partial charge in [-0.1, -0.05) is 24.6 Å². The van der Waals surface area contributed by atoms with Crippen LogP contribution in [0.5, 0.6) is 0 Å². The van der Waals surface area contributed by atoms with Crippen LogP contribution in [0, 0.1) is 0 Å². The van der Waals surface area contributed by atoms with Gasteiger partial charge in [-0.05, 0) is 31.4 Å². The smallest absolute Gasteiger partial charge is 0.211 e. The van der Waals surface area contributed by atoms with Crippen LogP contribution in [0.2, 0.25) is 0 Å². The van der Waals surface area contributed by atoms with Gasteiger partial charge in [0.15, 0.2) is 0 Å². The molecule has 1 fully saturated rings. The van der Waals surface area contributed by atoms with E-state index in [4.69, 9.17) is 0 Å². The van der Waals surface area contributed by atoms with E-state index in [9.17, 15) is 13.2 Å². The second-order valence-corrected chi connectivity index (χ2v) is 6.37. The second-order valence-electron chi connectivity index (χ2n) is 4.48. The first-order chi connectivity index (χ1) is 9.16. The summed E-state index contributed by atoms with van der Waals surface area (Å²) < 4.78 is 26.4. The van der Waals surface area contributed by atoms with Crippen molar-refractivity contribution in [1.29, 1.82) is 0 Å². The highest BCUT2D eigenvalue weighted by molar-refractivity contribution is 7.89. The van der Waals surface area contributed by atoms with Gasteiger partial charge in [0.1, 0.15) is 6.17 Å². The first kappa shape index (κ1) is 13.9. The minimum atomic E-state index is -3.60. The average Bonchev–Trinajstić information content (AvgIpc) is 2.66. The Bertz CT molecular complexity index is 565. The fourth-order valence-electron chi connectivity index (χ4n) is 2.26. The van der Waals surface area contributed by atoms with E-state index in [1.165, 1.54) is 10.4 Å². The number of nitrogens with zero attached hydrogens (tertiary/aromatic N) is 2. The number of sulfonamides is 1. The molecule has 0 aromatic heterocycles. The van der Waals surface area contributed by atoms with Crippen molar-refractivity contribution in [1.82, 2.24) is 4.31 Å². The summed E-state index contributed by atoms with van der Waals surface area (Å²) in [7, 11) is -3.60. The van der Waals surface area contributed by atoms with Crippen LogP contribution in [0.3, 0.4) is 0 Å². The molecule has 0 spiro atoms. The summed E-state index contributed by atoms with van der Waals surface area (Å²) in [5.74, 6) is 0. The summed E-state index contributed by atoms with van der Waals surface area (Å²) >= 11 is 0. The minimum Gasteiger partial charge on any atom is -0.211 e. The summed E-state index contributed by atoms with van der Waals surface area (Å²) in [5.41, 5.74) is 0. The van der Waals surface area contributed by atoms with Crippen molar-refractivity contribution in [2.45, 2.75) is 36.7 Å². The van der Waals surface area contributed by atoms with E-state index in [1.54, 1.807) is 30.3 Å². The maximum Gasteiger partial charge on any atom is 0.244 e. The lowest BCUT2D eigenvalue weighted by atomic mass is 10.2. The Morgan fingerprint density at radius 3 is 2.58 bits per heavy atom. The predicted octanol–water partition coefficient (Wildman–Crippen LogP) is 1.91. The third kappa shape index (κ3) is 3.10. The van der Waals surface area contributed by atoms with E-state index in [-0.39, 0.29) is 4.90 Å². The van der Waals surface area contributed by atoms with Gasteiger partial charge in [0.2, 0.25) is 16.1 Å². The average molecular weight is 280 g/mol. The molecule has 0 saturated carbocycles. The van der Waals surface area contributed by atoms with Crippen molar-refractivity contribution in [3.05, 3.63) is 30.3 Å². The molecular weight excluding hydrogens is 264 g/mol. The lowest BCUT2D eigenvalue weighted by molar-refractivity contribution is 0.330. The van der Waals surface area contributed by atoms with E-state index in [2.05, 4.69) is 4.99 Å². The van der Waals surface area contributed by atoms with Crippen molar-refractivity contribution >= 4 is 16.1 Å². The van der Waals surface area contributed by atoms with Crippen LogP contribution in [0.25, 0.3) is 0 Å². The topological polar surface area (TPSA) is 66.8 Å². The molecule has 1 aromatic rings. The van der Waals surface area contributed by atoms with Crippen molar-refractivity contribution in [2.75, 3.05) is 6.54 Å². The van der Waals surface area contributed by atoms with Gasteiger partial charge in [-0.25, -0.2) is 13.2 Å².